The lowest BCUT2D eigenvalue weighted by atomic mass is 10.0. The van der Waals surface area contributed by atoms with E-state index in [9.17, 15) is 9.90 Å². The molecule has 4 heteroatoms. The van der Waals surface area contributed by atoms with Crippen LogP contribution in [0, 0.1) is 5.92 Å². The fourth-order valence-electron chi connectivity index (χ4n) is 2.10. The van der Waals surface area contributed by atoms with E-state index in [0.717, 1.165) is 18.4 Å². The van der Waals surface area contributed by atoms with Crippen LogP contribution in [0.2, 0.25) is 0 Å². The van der Waals surface area contributed by atoms with E-state index in [1.165, 1.54) is 0 Å². The van der Waals surface area contributed by atoms with Crippen molar-refractivity contribution >= 4 is 5.91 Å². The molecule has 1 saturated carbocycles. The number of rotatable bonds is 5. The summed E-state index contributed by atoms with van der Waals surface area (Å²) in [5.41, 5.74) is 6.91. The van der Waals surface area contributed by atoms with Crippen LogP contribution >= 0.6 is 0 Å². The van der Waals surface area contributed by atoms with Crippen LogP contribution in [-0.2, 0) is 11.3 Å². The number of phenols is 1. The van der Waals surface area contributed by atoms with Gasteiger partial charge >= 0.3 is 0 Å². The molecule has 1 atom stereocenters. The predicted molar refractivity (Wildman–Crippen MR) is 74.5 cm³/mol. The number of aromatic hydroxyl groups is 1. The first-order valence-electron chi connectivity index (χ1n) is 6.83. The summed E-state index contributed by atoms with van der Waals surface area (Å²) in [5, 5.41) is 9.49. The van der Waals surface area contributed by atoms with E-state index in [1.807, 2.05) is 24.8 Å². The van der Waals surface area contributed by atoms with Gasteiger partial charge < -0.3 is 15.7 Å². The molecule has 0 heterocycles. The number of nitrogens with zero attached hydrogens (tertiary/aromatic N) is 1. The van der Waals surface area contributed by atoms with Crippen molar-refractivity contribution in [1.29, 1.82) is 0 Å². The average Bonchev–Trinajstić information content (AvgIpc) is 3.18. The molecule has 0 aromatic heterocycles. The molecule has 1 fully saturated rings. The highest BCUT2D eigenvalue weighted by molar-refractivity contribution is 5.82. The molecule has 1 aliphatic rings. The molecular formula is C15H22N2O2. The van der Waals surface area contributed by atoms with Crippen molar-refractivity contribution < 1.29 is 9.90 Å². The van der Waals surface area contributed by atoms with Gasteiger partial charge in [0.25, 0.3) is 0 Å². The number of carbonyl (C=O) groups is 1. The maximum absolute atomic E-state index is 12.4. The lowest BCUT2D eigenvalue weighted by molar-refractivity contribution is -0.134. The molecule has 0 aliphatic heterocycles. The Morgan fingerprint density at radius 1 is 1.47 bits per heavy atom. The molecule has 104 valence electrons. The van der Waals surface area contributed by atoms with Gasteiger partial charge in [-0.05, 0) is 36.5 Å². The molecule has 1 aliphatic carbocycles. The molecule has 1 unspecified atom stereocenters. The normalized spacial score (nSPS) is 16.4. The van der Waals surface area contributed by atoms with Crippen LogP contribution < -0.4 is 5.73 Å². The summed E-state index contributed by atoms with van der Waals surface area (Å²) in [4.78, 5) is 14.3. The third-order valence-corrected chi connectivity index (χ3v) is 3.54. The molecule has 0 saturated heterocycles. The molecule has 0 bridgehead atoms. The Hall–Kier alpha value is -1.55. The van der Waals surface area contributed by atoms with E-state index in [0.29, 0.717) is 12.6 Å². The minimum Gasteiger partial charge on any atom is -0.508 e. The first kappa shape index (κ1) is 13.9. The zero-order valence-corrected chi connectivity index (χ0v) is 11.5. The Labute approximate surface area is 114 Å². The van der Waals surface area contributed by atoms with E-state index in [2.05, 4.69) is 0 Å². The molecule has 0 radical (unpaired) electrons. The first-order chi connectivity index (χ1) is 8.99. The van der Waals surface area contributed by atoms with E-state index in [-0.39, 0.29) is 17.6 Å². The largest absolute Gasteiger partial charge is 0.508 e. The number of phenolic OH excluding ortho intramolecular Hbond substituents is 1. The summed E-state index contributed by atoms with van der Waals surface area (Å²) in [6, 6.07) is 6.92. The maximum atomic E-state index is 12.4. The van der Waals surface area contributed by atoms with Crippen molar-refractivity contribution in [2.45, 2.75) is 45.3 Å². The van der Waals surface area contributed by atoms with E-state index in [1.54, 1.807) is 18.2 Å². The molecule has 2 rings (SSSR count). The van der Waals surface area contributed by atoms with Crippen LogP contribution in [0.25, 0.3) is 0 Å². The van der Waals surface area contributed by atoms with Crippen molar-refractivity contribution in [3.8, 4) is 5.75 Å². The van der Waals surface area contributed by atoms with Gasteiger partial charge in [-0.15, -0.1) is 0 Å². The van der Waals surface area contributed by atoms with Gasteiger partial charge in [0.15, 0.2) is 0 Å². The van der Waals surface area contributed by atoms with E-state index < -0.39 is 6.04 Å². The molecule has 19 heavy (non-hydrogen) atoms. The fourth-order valence-corrected chi connectivity index (χ4v) is 2.10. The average molecular weight is 262 g/mol. The van der Waals surface area contributed by atoms with Gasteiger partial charge in [0.2, 0.25) is 5.91 Å². The number of amides is 1. The summed E-state index contributed by atoms with van der Waals surface area (Å²) < 4.78 is 0. The smallest absolute Gasteiger partial charge is 0.240 e. The van der Waals surface area contributed by atoms with Crippen molar-refractivity contribution in [1.82, 2.24) is 4.90 Å². The highest BCUT2D eigenvalue weighted by Gasteiger charge is 2.35. The lowest BCUT2D eigenvalue weighted by Crippen LogP contribution is -2.47. The SMILES string of the molecule is CC(C)C(N)C(=O)N(Cc1cccc(O)c1)C1CC1. The van der Waals surface area contributed by atoms with Crippen LogP contribution in [0.4, 0.5) is 0 Å². The van der Waals surface area contributed by atoms with Gasteiger partial charge in [-0.25, -0.2) is 0 Å². The van der Waals surface area contributed by atoms with Crippen molar-refractivity contribution in [3.05, 3.63) is 29.8 Å². The van der Waals surface area contributed by atoms with Gasteiger partial charge in [-0.1, -0.05) is 26.0 Å². The summed E-state index contributed by atoms with van der Waals surface area (Å²) in [6.45, 7) is 4.45. The van der Waals surface area contributed by atoms with Crippen LogP contribution in [-0.4, -0.2) is 28.0 Å². The molecule has 3 N–H and O–H groups in total. The molecular weight excluding hydrogens is 240 g/mol. The summed E-state index contributed by atoms with van der Waals surface area (Å²) in [6.07, 6.45) is 2.10. The molecule has 4 nitrogen and oxygen atoms in total. The van der Waals surface area contributed by atoms with Crippen LogP contribution in [0.5, 0.6) is 5.75 Å². The fraction of sp³-hybridized carbons (Fsp3) is 0.533. The Kier molecular flexibility index (Phi) is 4.10. The topological polar surface area (TPSA) is 66.6 Å². The summed E-state index contributed by atoms with van der Waals surface area (Å²) in [7, 11) is 0. The van der Waals surface area contributed by atoms with Gasteiger partial charge in [-0.2, -0.15) is 0 Å². The molecule has 1 aromatic carbocycles. The first-order valence-corrected chi connectivity index (χ1v) is 6.83. The Bertz CT molecular complexity index is 455. The highest BCUT2D eigenvalue weighted by Crippen LogP contribution is 2.29. The Morgan fingerprint density at radius 2 is 2.16 bits per heavy atom. The van der Waals surface area contributed by atoms with Gasteiger partial charge in [-0.3, -0.25) is 4.79 Å². The number of hydrogen-bond donors (Lipinski definition) is 2. The third-order valence-electron chi connectivity index (χ3n) is 3.54. The Morgan fingerprint density at radius 3 is 2.68 bits per heavy atom. The van der Waals surface area contributed by atoms with E-state index in [4.69, 9.17) is 5.73 Å². The van der Waals surface area contributed by atoms with Crippen molar-refractivity contribution in [3.63, 3.8) is 0 Å². The second-order valence-corrected chi connectivity index (χ2v) is 5.64. The third kappa shape index (κ3) is 3.47. The van der Waals surface area contributed by atoms with Crippen molar-refractivity contribution in [2.75, 3.05) is 0 Å². The number of benzene rings is 1. The number of nitrogens with two attached hydrogens (primary N) is 1. The number of hydrogen-bond acceptors (Lipinski definition) is 3. The van der Waals surface area contributed by atoms with Crippen LogP contribution in [0.15, 0.2) is 24.3 Å². The standard InChI is InChI=1S/C15H22N2O2/c1-10(2)14(16)15(19)17(12-6-7-12)9-11-4-3-5-13(18)8-11/h3-5,8,10,12,14,18H,6-7,9,16H2,1-2H3. The number of carbonyl (C=O) groups excluding carboxylic acids is 1. The van der Waals surface area contributed by atoms with Gasteiger partial charge in [0, 0.05) is 12.6 Å². The zero-order valence-electron chi connectivity index (χ0n) is 11.5. The summed E-state index contributed by atoms with van der Waals surface area (Å²) >= 11 is 0. The molecule has 0 spiro atoms. The second-order valence-electron chi connectivity index (χ2n) is 5.64. The van der Waals surface area contributed by atoms with Crippen LogP contribution in [0.1, 0.15) is 32.3 Å². The monoisotopic (exact) mass is 262 g/mol. The van der Waals surface area contributed by atoms with Gasteiger partial charge in [0.1, 0.15) is 5.75 Å². The van der Waals surface area contributed by atoms with Crippen molar-refractivity contribution in [2.24, 2.45) is 11.7 Å². The van der Waals surface area contributed by atoms with E-state index >= 15 is 0 Å². The van der Waals surface area contributed by atoms with Gasteiger partial charge in [0.05, 0.1) is 6.04 Å². The quantitative estimate of drug-likeness (QED) is 0.851. The predicted octanol–water partition coefficient (Wildman–Crippen LogP) is 1.87. The van der Waals surface area contributed by atoms with Crippen LogP contribution in [0.3, 0.4) is 0 Å². The lowest BCUT2D eigenvalue weighted by Gasteiger charge is -2.27. The minimum absolute atomic E-state index is 0.0147. The Balaban J connectivity index is 2.10. The summed E-state index contributed by atoms with van der Waals surface area (Å²) in [5.74, 6) is 0.382. The minimum atomic E-state index is -0.446. The molecule has 1 amide bonds. The maximum Gasteiger partial charge on any atom is 0.240 e. The zero-order chi connectivity index (χ0) is 14.0. The second kappa shape index (κ2) is 5.61. The molecule has 1 aromatic rings. The highest BCUT2D eigenvalue weighted by atomic mass is 16.3.